The van der Waals surface area contributed by atoms with Gasteiger partial charge in [-0.15, -0.1) is 0 Å². The van der Waals surface area contributed by atoms with Crippen LogP contribution < -0.4 is 5.32 Å². The fraction of sp³-hybridized carbons (Fsp3) is 0.833. The molecule has 146 valence electrons. The molecule has 0 aliphatic rings. The van der Waals surface area contributed by atoms with Gasteiger partial charge in [0.05, 0.1) is 0 Å². The van der Waals surface area contributed by atoms with Crippen molar-refractivity contribution in [3.63, 3.8) is 0 Å². The number of alkyl carbamates (subject to hydrolysis) is 1. The molecule has 0 spiro atoms. The van der Waals surface area contributed by atoms with Gasteiger partial charge >= 0.3 is 18.0 Å². The Morgan fingerprint density at radius 3 is 2.16 bits per heavy atom. The predicted octanol–water partition coefficient (Wildman–Crippen LogP) is 3.57. The number of ether oxygens (including phenoxy) is 2. The Hall–Kier alpha value is -1.79. The van der Waals surface area contributed by atoms with Gasteiger partial charge in [0.25, 0.3) is 6.29 Å². The van der Waals surface area contributed by atoms with Crippen LogP contribution in [0.2, 0.25) is 0 Å². The van der Waals surface area contributed by atoms with E-state index in [9.17, 15) is 14.4 Å². The van der Waals surface area contributed by atoms with E-state index in [2.05, 4.69) is 19.2 Å². The second-order valence-corrected chi connectivity index (χ2v) is 7.12. The molecule has 1 amide bonds. The molecule has 0 unspecified atom stereocenters. The molecule has 0 radical (unpaired) electrons. The Labute approximate surface area is 150 Å². The van der Waals surface area contributed by atoms with Gasteiger partial charge in [-0.05, 0) is 37.5 Å². The molecule has 0 fully saturated rings. The minimum absolute atomic E-state index is 0.138. The van der Waals surface area contributed by atoms with E-state index >= 15 is 0 Å². The minimum atomic E-state index is -0.901. The van der Waals surface area contributed by atoms with E-state index in [1.54, 1.807) is 13.8 Å². The highest BCUT2D eigenvalue weighted by Gasteiger charge is 2.21. The first-order chi connectivity index (χ1) is 11.6. The third-order valence-corrected chi connectivity index (χ3v) is 3.68. The summed E-state index contributed by atoms with van der Waals surface area (Å²) in [4.78, 5) is 33.5. The quantitative estimate of drug-likeness (QED) is 0.314. The van der Waals surface area contributed by atoms with Gasteiger partial charge in [-0.25, -0.2) is 4.79 Å². The number of carbonyl (C=O) groups is 3. The van der Waals surface area contributed by atoms with Crippen molar-refractivity contribution in [1.29, 1.82) is 0 Å². The average Bonchev–Trinajstić information content (AvgIpc) is 2.47. The number of hydrogen-bond donors (Lipinski definition) is 2. The number of nitrogens with one attached hydrogen (secondary N) is 1. The van der Waals surface area contributed by atoms with Crippen LogP contribution in [0.25, 0.3) is 0 Å². The SMILES string of the molecule is CC(=O)O[C@@H](OC(=O)NCCC[C@@H](CCC(=O)O)CC(C)C)C(C)C. The number of amides is 1. The first-order valence-corrected chi connectivity index (χ1v) is 8.95. The second-order valence-electron chi connectivity index (χ2n) is 7.12. The van der Waals surface area contributed by atoms with E-state index in [-0.39, 0.29) is 12.3 Å². The van der Waals surface area contributed by atoms with Crippen LogP contribution in [0.5, 0.6) is 0 Å². The zero-order valence-corrected chi connectivity index (χ0v) is 16.0. The number of carboxylic acid groups (broad SMARTS) is 1. The van der Waals surface area contributed by atoms with Gasteiger partial charge in [0, 0.05) is 25.8 Å². The molecule has 0 aliphatic heterocycles. The van der Waals surface area contributed by atoms with Gasteiger partial charge in [-0.1, -0.05) is 27.7 Å². The van der Waals surface area contributed by atoms with Gasteiger partial charge in [0.2, 0.25) is 0 Å². The lowest BCUT2D eigenvalue weighted by atomic mass is 9.89. The summed E-state index contributed by atoms with van der Waals surface area (Å²) in [5.41, 5.74) is 0. The van der Waals surface area contributed by atoms with Crippen molar-refractivity contribution in [2.75, 3.05) is 6.54 Å². The molecular formula is C18H33NO6. The van der Waals surface area contributed by atoms with Crippen molar-refractivity contribution in [2.45, 2.75) is 73.0 Å². The highest BCUT2D eigenvalue weighted by atomic mass is 16.7. The lowest BCUT2D eigenvalue weighted by Gasteiger charge is -2.21. The summed E-state index contributed by atoms with van der Waals surface area (Å²) in [5, 5.41) is 11.5. The number of esters is 1. The third kappa shape index (κ3) is 13.2. The molecule has 0 aromatic rings. The topological polar surface area (TPSA) is 102 Å². The summed E-state index contributed by atoms with van der Waals surface area (Å²) in [5.74, 6) is -0.575. The van der Waals surface area contributed by atoms with Crippen LogP contribution >= 0.6 is 0 Å². The Balaban J connectivity index is 4.17. The molecule has 0 saturated carbocycles. The Kier molecular flexibility index (Phi) is 11.7. The summed E-state index contributed by atoms with van der Waals surface area (Å²) >= 11 is 0. The number of rotatable bonds is 12. The molecule has 0 bridgehead atoms. The minimum Gasteiger partial charge on any atom is -0.481 e. The van der Waals surface area contributed by atoms with Gasteiger partial charge in [-0.2, -0.15) is 0 Å². The smallest absolute Gasteiger partial charge is 0.410 e. The summed E-state index contributed by atoms with van der Waals surface area (Å²) in [6.45, 7) is 9.52. The Morgan fingerprint density at radius 2 is 1.68 bits per heavy atom. The van der Waals surface area contributed by atoms with Crippen LogP contribution in [-0.2, 0) is 19.1 Å². The van der Waals surface area contributed by atoms with E-state index in [1.165, 1.54) is 6.92 Å². The maximum Gasteiger partial charge on any atom is 0.410 e. The zero-order chi connectivity index (χ0) is 19.4. The number of carboxylic acids is 1. The third-order valence-electron chi connectivity index (χ3n) is 3.68. The van der Waals surface area contributed by atoms with Crippen LogP contribution in [0.4, 0.5) is 4.79 Å². The standard InChI is InChI=1S/C18H33NO6/c1-12(2)11-15(8-9-16(21)22)7-6-10-19-18(23)25-17(13(3)4)24-14(5)20/h12-13,15,17H,6-11H2,1-5H3,(H,19,23)(H,21,22)/t15-,17-/m0/s1. The fourth-order valence-corrected chi connectivity index (χ4v) is 2.56. The van der Waals surface area contributed by atoms with Crippen LogP contribution in [0.1, 0.15) is 66.7 Å². The lowest BCUT2D eigenvalue weighted by molar-refractivity contribution is -0.172. The maximum absolute atomic E-state index is 11.8. The molecule has 0 aliphatic carbocycles. The first kappa shape index (κ1) is 23.2. The van der Waals surface area contributed by atoms with Crippen molar-refractivity contribution in [1.82, 2.24) is 5.32 Å². The molecule has 0 heterocycles. The monoisotopic (exact) mass is 359 g/mol. The van der Waals surface area contributed by atoms with Gasteiger partial charge in [0.1, 0.15) is 0 Å². The molecule has 7 nitrogen and oxygen atoms in total. The zero-order valence-electron chi connectivity index (χ0n) is 16.0. The van der Waals surface area contributed by atoms with Gasteiger partial charge < -0.3 is 19.9 Å². The molecule has 2 N–H and O–H groups in total. The first-order valence-electron chi connectivity index (χ1n) is 8.95. The second kappa shape index (κ2) is 12.6. The molecule has 0 rings (SSSR count). The summed E-state index contributed by atoms with van der Waals surface area (Å²) in [6.07, 6.45) is 1.87. The highest BCUT2D eigenvalue weighted by molar-refractivity contribution is 5.68. The summed E-state index contributed by atoms with van der Waals surface area (Å²) < 4.78 is 10.0. The molecule has 7 heteroatoms. The largest absolute Gasteiger partial charge is 0.481 e. The molecule has 25 heavy (non-hydrogen) atoms. The van der Waals surface area contributed by atoms with Crippen LogP contribution in [0, 0.1) is 17.8 Å². The summed E-state index contributed by atoms with van der Waals surface area (Å²) in [7, 11) is 0. The predicted molar refractivity (Wildman–Crippen MR) is 93.9 cm³/mol. The maximum atomic E-state index is 11.8. The highest BCUT2D eigenvalue weighted by Crippen LogP contribution is 2.22. The van der Waals surface area contributed by atoms with Gasteiger partial charge in [-0.3, -0.25) is 9.59 Å². The normalized spacial score (nSPS) is 13.4. The van der Waals surface area contributed by atoms with E-state index < -0.39 is 24.3 Å². The molecule has 0 saturated heterocycles. The number of carbonyl (C=O) groups excluding carboxylic acids is 2. The van der Waals surface area contributed by atoms with E-state index in [1.807, 2.05) is 0 Å². The van der Waals surface area contributed by atoms with E-state index in [0.717, 1.165) is 19.3 Å². The average molecular weight is 359 g/mol. The molecule has 2 atom stereocenters. The number of aliphatic carboxylic acids is 1. The van der Waals surface area contributed by atoms with Crippen LogP contribution in [0.3, 0.4) is 0 Å². The van der Waals surface area contributed by atoms with E-state index in [4.69, 9.17) is 14.6 Å². The van der Waals surface area contributed by atoms with Crippen molar-refractivity contribution >= 4 is 18.0 Å². The van der Waals surface area contributed by atoms with Crippen molar-refractivity contribution in [3.05, 3.63) is 0 Å². The Bertz CT molecular complexity index is 422. The lowest BCUT2D eigenvalue weighted by Crippen LogP contribution is -2.34. The van der Waals surface area contributed by atoms with Crippen molar-refractivity contribution in [2.24, 2.45) is 17.8 Å². The van der Waals surface area contributed by atoms with Crippen molar-refractivity contribution in [3.8, 4) is 0 Å². The molecule has 0 aromatic heterocycles. The van der Waals surface area contributed by atoms with Crippen LogP contribution in [0.15, 0.2) is 0 Å². The van der Waals surface area contributed by atoms with Crippen LogP contribution in [-0.4, -0.2) is 36.0 Å². The Morgan fingerprint density at radius 1 is 1.04 bits per heavy atom. The van der Waals surface area contributed by atoms with E-state index in [0.29, 0.717) is 24.8 Å². The molecule has 0 aromatic carbocycles. The number of hydrogen-bond acceptors (Lipinski definition) is 5. The summed E-state index contributed by atoms with van der Waals surface area (Å²) in [6, 6.07) is 0. The van der Waals surface area contributed by atoms with Gasteiger partial charge in [0.15, 0.2) is 0 Å². The molecular weight excluding hydrogens is 326 g/mol. The van der Waals surface area contributed by atoms with Crippen molar-refractivity contribution < 1.29 is 29.0 Å². The fourth-order valence-electron chi connectivity index (χ4n) is 2.56.